The fourth-order valence-corrected chi connectivity index (χ4v) is 3.64. The van der Waals surface area contributed by atoms with E-state index in [1.165, 1.54) is 23.0 Å². The molecule has 0 spiro atoms. The molecular weight excluding hydrogens is 359 g/mol. The van der Waals surface area contributed by atoms with E-state index in [9.17, 15) is 14.0 Å². The van der Waals surface area contributed by atoms with Gasteiger partial charge in [-0.05, 0) is 29.8 Å². The van der Waals surface area contributed by atoms with Crippen LogP contribution in [0.1, 0.15) is 18.0 Å². The zero-order valence-corrected chi connectivity index (χ0v) is 15.3. The maximum Gasteiger partial charge on any atom is 0.261 e. The Morgan fingerprint density at radius 1 is 1.21 bits per heavy atom. The Morgan fingerprint density at radius 2 is 2.07 bits per heavy atom. The van der Waals surface area contributed by atoms with Crippen molar-refractivity contribution in [2.75, 3.05) is 19.6 Å². The molecule has 6 nitrogen and oxygen atoms in total. The first-order valence-corrected chi connectivity index (χ1v) is 9.33. The smallest absolute Gasteiger partial charge is 0.261 e. The first kappa shape index (κ1) is 18.3. The highest BCUT2D eigenvalue weighted by Crippen LogP contribution is 2.23. The lowest BCUT2D eigenvalue weighted by atomic mass is 10.0. The molecule has 7 heteroatoms. The predicted molar refractivity (Wildman–Crippen MR) is 104 cm³/mol. The Hall–Kier alpha value is -3.06. The number of amides is 1. The number of aromatic nitrogens is 2. The fourth-order valence-electron chi connectivity index (χ4n) is 3.64. The zero-order chi connectivity index (χ0) is 19.5. The molecular formula is C21H21FN4O2. The average Bonchev–Trinajstić information content (AvgIpc) is 2.73. The van der Waals surface area contributed by atoms with Crippen LogP contribution in [0, 0.1) is 5.82 Å². The van der Waals surface area contributed by atoms with Gasteiger partial charge in [0.15, 0.2) is 0 Å². The van der Waals surface area contributed by atoms with Gasteiger partial charge in [-0.15, -0.1) is 0 Å². The average molecular weight is 380 g/mol. The third-order valence-corrected chi connectivity index (χ3v) is 5.10. The van der Waals surface area contributed by atoms with Crippen LogP contribution in [0.15, 0.2) is 59.7 Å². The lowest BCUT2D eigenvalue weighted by Crippen LogP contribution is -2.49. The highest BCUT2D eigenvalue weighted by atomic mass is 19.1. The minimum atomic E-state index is -0.315. The van der Waals surface area contributed by atoms with Crippen molar-refractivity contribution in [2.45, 2.75) is 19.0 Å². The van der Waals surface area contributed by atoms with Crippen LogP contribution in [0.3, 0.4) is 0 Å². The molecule has 0 aliphatic carbocycles. The van der Waals surface area contributed by atoms with Crippen molar-refractivity contribution in [2.24, 2.45) is 0 Å². The van der Waals surface area contributed by atoms with E-state index in [1.807, 2.05) is 12.1 Å². The second-order valence-electron chi connectivity index (χ2n) is 6.87. The topological polar surface area (TPSA) is 67.2 Å². The number of carbonyl (C=O) groups excluding carboxylic acids is 1. The molecule has 1 fully saturated rings. The first-order chi connectivity index (χ1) is 13.6. The van der Waals surface area contributed by atoms with Crippen molar-refractivity contribution < 1.29 is 9.18 Å². The van der Waals surface area contributed by atoms with E-state index in [1.54, 1.807) is 29.2 Å². The number of carbonyl (C=O) groups is 1. The van der Waals surface area contributed by atoms with E-state index in [-0.39, 0.29) is 36.3 Å². The summed E-state index contributed by atoms with van der Waals surface area (Å²) < 4.78 is 15.1. The van der Waals surface area contributed by atoms with E-state index in [0.29, 0.717) is 30.5 Å². The Labute approximate surface area is 161 Å². The van der Waals surface area contributed by atoms with Gasteiger partial charge in [-0.25, -0.2) is 9.37 Å². The third kappa shape index (κ3) is 3.66. The molecule has 0 bridgehead atoms. The van der Waals surface area contributed by atoms with Crippen molar-refractivity contribution in [3.05, 3.63) is 76.6 Å². The number of hydrogen-bond donors (Lipinski definition) is 1. The summed E-state index contributed by atoms with van der Waals surface area (Å²) in [6.45, 7) is 2.07. The third-order valence-electron chi connectivity index (χ3n) is 5.10. The first-order valence-electron chi connectivity index (χ1n) is 9.33. The Morgan fingerprint density at radius 3 is 2.93 bits per heavy atom. The lowest BCUT2D eigenvalue weighted by Gasteiger charge is -2.36. The van der Waals surface area contributed by atoms with Gasteiger partial charge in [0.25, 0.3) is 5.56 Å². The molecule has 28 heavy (non-hydrogen) atoms. The fraction of sp³-hybridized carbons (Fsp3) is 0.286. The molecule has 1 unspecified atom stereocenters. The van der Waals surface area contributed by atoms with E-state index >= 15 is 0 Å². The second-order valence-corrected chi connectivity index (χ2v) is 6.87. The van der Waals surface area contributed by atoms with Gasteiger partial charge in [0, 0.05) is 32.6 Å². The number of aryl methyl sites for hydroxylation is 1. The molecule has 1 saturated heterocycles. The summed E-state index contributed by atoms with van der Waals surface area (Å²) in [6.07, 6.45) is 1.67. The van der Waals surface area contributed by atoms with Crippen LogP contribution >= 0.6 is 0 Å². The molecule has 4 rings (SSSR count). The zero-order valence-electron chi connectivity index (χ0n) is 15.3. The molecule has 144 valence electrons. The van der Waals surface area contributed by atoms with Crippen LogP contribution in [0.25, 0.3) is 10.9 Å². The Balaban J connectivity index is 1.51. The van der Waals surface area contributed by atoms with Crippen LogP contribution in [0.4, 0.5) is 4.39 Å². The van der Waals surface area contributed by atoms with Crippen LogP contribution in [-0.2, 0) is 11.3 Å². The monoisotopic (exact) mass is 380 g/mol. The lowest BCUT2D eigenvalue weighted by molar-refractivity contribution is -0.134. The number of nitrogens with one attached hydrogen (secondary N) is 1. The van der Waals surface area contributed by atoms with Crippen molar-refractivity contribution in [1.82, 2.24) is 19.8 Å². The summed E-state index contributed by atoms with van der Waals surface area (Å²) in [5.41, 5.74) is 1.26. The van der Waals surface area contributed by atoms with Gasteiger partial charge < -0.3 is 10.2 Å². The van der Waals surface area contributed by atoms with E-state index < -0.39 is 0 Å². The molecule has 1 aliphatic rings. The van der Waals surface area contributed by atoms with Crippen LogP contribution in [-0.4, -0.2) is 40.0 Å². The summed E-state index contributed by atoms with van der Waals surface area (Å²) in [4.78, 5) is 31.5. The van der Waals surface area contributed by atoms with Gasteiger partial charge in [-0.2, -0.15) is 0 Å². The minimum absolute atomic E-state index is 0.0594. The summed E-state index contributed by atoms with van der Waals surface area (Å²) in [6, 6.07) is 13.3. The molecule has 3 aromatic rings. The van der Waals surface area contributed by atoms with Crippen LogP contribution in [0.2, 0.25) is 0 Å². The van der Waals surface area contributed by atoms with E-state index in [0.717, 1.165) is 5.56 Å². The number of hydrogen-bond acceptors (Lipinski definition) is 4. The number of piperazine rings is 1. The number of nitrogens with zero attached hydrogens (tertiary/aromatic N) is 3. The Kier molecular flexibility index (Phi) is 5.16. The summed E-state index contributed by atoms with van der Waals surface area (Å²) in [5, 5.41) is 3.80. The standard InChI is InChI=1S/C21H21FN4O2/c22-16-5-3-4-15(12-16)19-13-23-9-11-26(19)20(27)8-10-25-14-24-18-7-2-1-6-17(18)21(25)28/h1-7,12,14,19,23H,8-11,13H2. The quantitative estimate of drug-likeness (QED) is 0.753. The largest absolute Gasteiger partial charge is 0.333 e. The van der Waals surface area contributed by atoms with Gasteiger partial charge in [-0.1, -0.05) is 24.3 Å². The van der Waals surface area contributed by atoms with Gasteiger partial charge in [-0.3, -0.25) is 14.2 Å². The summed E-state index contributed by atoms with van der Waals surface area (Å²) in [7, 11) is 0. The molecule has 1 atom stereocenters. The van der Waals surface area contributed by atoms with Gasteiger partial charge in [0.1, 0.15) is 5.82 Å². The molecule has 1 N–H and O–H groups in total. The maximum atomic E-state index is 13.6. The highest BCUT2D eigenvalue weighted by molar-refractivity contribution is 5.78. The normalized spacial score (nSPS) is 17.0. The van der Waals surface area contributed by atoms with Gasteiger partial charge in [0.2, 0.25) is 5.91 Å². The maximum absolute atomic E-state index is 13.6. The minimum Gasteiger partial charge on any atom is -0.333 e. The molecule has 2 heterocycles. The summed E-state index contributed by atoms with van der Waals surface area (Å²) >= 11 is 0. The SMILES string of the molecule is O=C(CCn1cnc2ccccc2c1=O)N1CCNCC1c1cccc(F)c1. The number of para-hydroxylation sites is 1. The molecule has 1 amide bonds. The van der Waals surface area contributed by atoms with E-state index in [4.69, 9.17) is 0 Å². The number of fused-ring (bicyclic) bond motifs is 1. The van der Waals surface area contributed by atoms with Gasteiger partial charge in [0.05, 0.1) is 23.3 Å². The van der Waals surface area contributed by atoms with Crippen LogP contribution in [0.5, 0.6) is 0 Å². The molecule has 0 radical (unpaired) electrons. The van der Waals surface area contributed by atoms with Crippen molar-refractivity contribution in [3.63, 3.8) is 0 Å². The number of rotatable bonds is 4. The molecule has 1 aliphatic heterocycles. The van der Waals surface area contributed by atoms with Gasteiger partial charge >= 0.3 is 0 Å². The van der Waals surface area contributed by atoms with Crippen molar-refractivity contribution >= 4 is 16.8 Å². The van der Waals surface area contributed by atoms with E-state index in [2.05, 4.69) is 10.3 Å². The molecule has 1 aromatic heterocycles. The van der Waals surface area contributed by atoms with Crippen molar-refractivity contribution in [1.29, 1.82) is 0 Å². The number of halogens is 1. The van der Waals surface area contributed by atoms with Crippen molar-refractivity contribution in [3.8, 4) is 0 Å². The predicted octanol–water partition coefficient (Wildman–Crippen LogP) is 2.10. The number of benzene rings is 2. The molecule has 2 aromatic carbocycles. The highest BCUT2D eigenvalue weighted by Gasteiger charge is 2.27. The summed E-state index contributed by atoms with van der Waals surface area (Å²) in [5.74, 6) is -0.375. The van der Waals surface area contributed by atoms with Crippen LogP contribution < -0.4 is 10.9 Å². The Bertz CT molecular complexity index is 1070. The second kappa shape index (κ2) is 7.90. The molecule has 0 saturated carbocycles.